The molecule has 5 nitrogen and oxygen atoms in total. The van der Waals surface area contributed by atoms with Crippen LogP contribution < -0.4 is 10.2 Å². The number of piperazine rings is 1. The second-order valence-corrected chi connectivity index (χ2v) is 7.09. The van der Waals surface area contributed by atoms with Crippen LogP contribution in [0.5, 0.6) is 0 Å². The summed E-state index contributed by atoms with van der Waals surface area (Å²) in [4.78, 5) is 17.3. The number of nitrogens with one attached hydrogen (secondary N) is 1. The van der Waals surface area contributed by atoms with Gasteiger partial charge < -0.3 is 19.9 Å². The quantitative estimate of drug-likeness (QED) is 0.810. The number of hydrogen-bond donors (Lipinski definition) is 1. The van der Waals surface area contributed by atoms with Crippen LogP contribution in [0.25, 0.3) is 0 Å². The Labute approximate surface area is 173 Å². The van der Waals surface area contributed by atoms with Crippen molar-refractivity contribution in [2.75, 3.05) is 51.3 Å². The van der Waals surface area contributed by atoms with Gasteiger partial charge in [-0.15, -0.1) is 24.8 Å². The molecule has 0 atom stereocenters. The fourth-order valence-corrected chi connectivity index (χ4v) is 3.86. The summed E-state index contributed by atoms with van der Waals surface area (Å²) in [5.41, 5.74) is 1.74. The first-order valence-corrected chi connectivity index (χ1v) is 9.00. The second-order valence-electron chi connectivity index (χ2n) is 6.66. The lowest BCUT2D eigenvalue weighted by Crippen LogP contribution is -2.59. The number of benzene rings is 1. The van der Waals surface area contributed by atoms with Gasteiger partial charge >= 0.3 is 0 Å². The van der Waals surface area contributed by atoms with Crippen LogP contribution in [0, 0.1) is 6.92 Å². The molecule has 0 saturated carbocycles. The van der Waals surface area contributed by atoms with E-state index in [9.17, 15) is 4.79 Å². The lowest BCUT2D eigenvalue weighted by atomic mass is 9.90. The van der Waals surface area contributed by atoms with E-state index in [1.54, 1.807) is 7.11 Å². The summed E-state index contributed by atoms with van der Waals surface area (Å²) in [7, 11) is 1.66. The second kappa shape index (κ2) is 10.00. The highest BCUT2D eigenvalue weighted by molar-refractivity contribution is 6.30. The van der Waals surface area contributed by atoms with Gasteiger partial charge in [0.05, 0.1) is 0 Å². The number of piperidine rings is 1. The fourth-order valence-electron chi connectivity index (χ4n) is 3.70. The fraction of sp³-hybridized carbons (Fsp3) is 0.611. The maximum absolute atomic E-state index is 13.0. The lowest BCUT2D eigenvalue weighted by Gasteiger charge is -2.43. The molecule has 1 aromatic rings. The van der Waals surface area contributed by atoms with E-state index >= 15 is 0 Å². The number of amides is 1. The number of ether oxygens (including phenoxy) is 1. The van der Waals surface area contributed by atoms with Crippen molar-refractivity contribution >= 4 is 48.0 Å². The predicted octanol–water partition coefficient (Wildman–Crippen LogP) is 2.91. The number of carbonyl (C=O) groups excluding carboxylic acids is 1. The molecule has 0 unspecified atom stereocenters. The largest absolute Gasteiger partial charge is 0.368 e. The summed E-state index contributed by atoms with van der Waals surface area (Å²) >= 11 is 6.14. The Kier molecular flexibility index (Phi) is 8.97. The molecule has 0 spiro atoms. The Morgan fingerprint density at radius 2 is 1.77 bits per heavy atom. The van der Waals surface area contributed by atoms with Crippen molar-refractivity contribution in [3.8, 4) is 0 Å². The summed E-state index contributed by atoms with van der Waals surface area (Å²) in [6, 6.07) is 5.97. The molecular weight excluding hydrogens is 397 g/mol. The molecule has 26 heavy (non-hydrogen) atoms. The molecule has 3 rings (SSSR count). The van der Waals surface area contributed by atoms with Crippen LogP contribution in [-0.2, 0) is 9.53 Å². The number of nitrogens with zero attached hydrogens (tertiary/aromatic N) is 2. The normalized spacial score (nSPS) is 19.3. The Bertz CT molecular complexity index is 601. The first kappa shape index (κ1) is 23.3. The number of methoxy groups -OCH3 is 1. The van der Waals surface area contributed by atoms with Gasteiger partial charge in [-0.05, 0) is 50.6 Å². The molecule has 1 amide bonds. The molecule has 2 aliphatic rings. The Morgan fingerprint density at radius 1 is 1.15 bits per heavy atom. The molecule has 2 fully saturated rings. The van der Waals surface area contributed by atoms with Gasteiger partial charge in [0, 0.05) is 44.0 Å². The van der Waals surface area contributed by atoms with Crippen LogP contribution in [0.15, 0.2) is 18.2 Å². The highest BCUT2D eigenvalue weighted by atomic mass is 35.5. The first-order valence-electron chi connectivity index (χ1n) is 8.62. The van der Waals surface area contributed by atoms with Gasteiger partial charge in [-0.3, -0.25) is 4.79 Å². The van der Waals surface area contributed by atoms with Crippen LogP contribution in [0.4, 0.5) is 5.69 Å². The maximum Gasteiger partial charge on any atom is 0.255 e. The maximum atomic E-state index is 13.0. The van der Waals surface area contributed by atoms with Crippen LogP contribution in [0.3, 0.4) is 0 Å². The summed E-state index contributed by atoms with van der Waals surface area (Å²) < 4.78 is 5.68. The van der Waals surface area contributed by atoms with E-state index in [1.807, 2.05) is 23.1 Å². The van der Waals surface area contributed by atoms with Crippen molar-refractivity contribution in [3.05, 3.63) is 28.8 Å². The van der Waals surface area contributed by atoms with Crippen molar-refractivity contribution in [3.63, 3.8) is 0 Å². The number of halogens is 3. The number of rotatable bonds is 3. The minimum absolute atomic E-state index is 0. The molecule has 0 radical (unpaired) electrons. The average Bonchev–Trinajstić information content (AvgIpc) is 2.64. The molecule has 0 aromatic heterocycles. The molecule has 2 aliphatic heterocycles. The molecule has 1 N–H and O–H groups in total. The Morgan fingerprint density at radius 3 is 2.35 bits per heavy atom. The minimum Gasteiger partial charge on any atom is -0.368 e. The average molecular weight is 425 g/mol. The van der Waals surface area contributed by atoms with Gasteiger partial charge in [0.15, 0.2) is 0 Å². The topological polar surface area (TPSA) is 44.8 Å². The third-order valence-corrected chi connectivity index (χ3v) is 5.51. The first-order chi connectivity index (χ1) is 11.6. The van der Waals surface area contributed by atoms with Gasteiger partial charge in [0.25, 0.3) is 5.91 Å². The zero-order valence-corrected chi connectivity index (χ0v) is 17.7. The van der Waals surface area contributed by atoms with Crippen molar-refractivity contribution in [2.24, 2.45) is 0 Å². The van der Waals surface area contributed by atoms with Crippen LogP contribution in [0.1, 0.15) is 18.4 Å². The molecule has 1 aromatic carbocycles. The van der Waals surface area contributed by atoms with Gasteiger partial charge in [-0.1, -0.05) is 17.7 Å². The zero-order valence-electron chi connectivity index (χ0n) is 15.3. The molecule has 0 bridgehead atoms. The van der Waals surface area contributed by atoms with Crippen LogP contribution >= 0.6 is 36.4 Å². The van der Waals surface area contributed by atoms with Gasteiger partial charge in [-0.25, -0.2) is 0 Å². The van der Waals surface area contributed by atoms with Crippen LogP contribution in [0.2, 0.25) is 5.02 Å². The van der Waals surface area contributed by atoms with E-state index in [2.05, 4.69) is 17.1 Å². The molecule has 8 heteroatoms. The third-order valence-electron chi connectivity index (χ3n) is 5.27. The summed E-state index contributed by atoms with van der Waals surface area (Å²) in [5, 5.41) is 4.05. The van der Waals surface area contributed by atoms with Gasteiger partial charge in [-0.2, -0.15) is 0 Å². The lowest BCUT2D eigenvalue weighted by molar-refractivity contribution is -0.158. The van der Waals surface area contributed by atoms with Gasteiger partial charge in [0.2, 0.25) is 0 Å². The highest BCUT2D eigenvalue weighted by Crippen LogP contribution is 2.28. The van der Waals surface area contributed by atoms with E-state index in [4.69, 9.17) is 16.3 Å². The van der Waals surface area contributed by atoms with E-state index in [1.165, 1.54) is 5.56 Å². The predicted molar refractivity (Wildman–Crippen MR) is 111 cm³/mol. The van der Waals surface area contributed by atoms with Crippen LogP contribution in [-0.4, -0.2) is 62.8 Å². The number of anilines is 1. The minimum atomic E-state index is -0.639. The SMILES string of the molecule is COC1(C(=O)N2CCN(c3cc(Cl)ccc3C)CC2)CCNCC1.Cl.Cl. The van der Waals surface area contributed by atoms with E-state index in [0.717, 1.165) is 62.8 Å². The molecule has 2 heterocycles. The number of carbonyl (C=O) groups is 1. The smallest absolute Gasteiger partial charge is 0.255 e. The van der Waals surface area contributed by atoms with Crippen molar-refractivity contribution < 1.29 is 9.53 Å². The third kappa shape index (κ3) is 4.76. The zero-order chi connectivity index (χ0) is 17.2. The standard InChI is InChI=1S/C18H26ClN3O2.2ClH/c1-14-3-4-15(19)13-16(14)21-9-11-22(12-10-21)17(23)18(24-2)5-7-20-8-6-18;;/h3-4,13,20H,5-12H2,1-2H3;2*1H. The number of aryl methyl sites for hydroxylation is 1. The van der Waals surface area contributed by atoms with Crippen molar-refractivity contribution in [2.45, 2.75) is 25.4 Å². The summed E-state index contributed by atoms with van der Waals surface area (Å²) in [6.07, 6.45) is 1.49. The van der Waals surface area contributed by atoms with E-state index in [-0.39, 0.29) is 30.7 Å². The summed E-state index contributed by atoms with van der Waals surface area (Å²) in [5.74, 6) is 0.147. The molecule has 0 aliphatic carbocycles. The van der Waals surface area contributed by atoms with Crippen molar-refractivity contribution in [1.29, 1.82) is 0 Å². The number of hydrogen-bond acceptors (Lipinski definition) is 4. The highest BCUT2D eigenvalue weighted by Gasteiger charge is 2.43. The summed E-state index contributed by atoms with van der Waals surface area (Å²) in [6.45, 7) is 6.86. The van der Waals surface area contributed by atoms with E-state index in [0.29, 0.717) is 0 Å². The molecule has 2 saturated heterocycles. The molecular formula is C18H28Cl3N3O2. The van der Waals surface area contributed by atoms with Gasteiger partial charge in [0.1, 0.15) is 5.60 Å². The van der Waals surface area contributed by atoms with E-state index < -0.39 is 5.60 Å². The Balaban J connectivity index is 0.00000169. The Hall–Kier alpha value is -0.720. The molecule has 148 valence electrons. The monoisotopic (exact) mass is 423 g/mol. The van der Waals surface area contributed by atoms with Crippen molar-refractivity contribution in [1.82, 2.24) is 10.2 Å².